The molecule has 126 valence electrons. The van der Waals surface area contributed by atoms with Gasteiger partial charge in [0.25, 0.3) is 0 Å². The number of furan rings is 1. The van der Waals surface area contributed by atoms with Gasteiger partial charge >= 0.3 is 0 Å². The lowest BCUT2D eigenvalue weighted by atomic mass is 9.74. The highest BCUT2D eigenvalue weighted by Gasteiger charge is 2.43. The Morgan fingerprint density at radius 2 is 2.04 bits per heavy atom. The molecule has 4 rings (SSSR count). The summed E-state index contributed by atoms with van der Waals surface area (Å²) < 4.78 is 11.2. The first-order chi connectivity index (χ1) is 12.0. The second-order valence-corrected chi connectivity index (χ2v) is 6.48. The van der Waals surface area contributed by atoms with Crippen molar-refractivity contribution in [3.05, 3.63) is 52.9 Å². The molecule has 0 radical (unpaired) electrons. The summed E-state index contributed by atoms with van der Waals surface area (Å²) in [6, 6.07) is 8.68. The maximum atomic E-state index is 13.1. The van der Waals surface area contributed by atoms with Crippen molar-refractivity contribution in [2.24, 2.45) is 0 Å². The number of amides is 1. The van der Waals surface area contributed by atoms with Crippen LogP contribution in [-0.4, -0.2) is 24.3 Å². The average Bonchev–Trinajstić information content (AvgIpc) is 3.00. The predicted octanol–water partition coefficient (Wildman–Crippen LogP) is 3.28. The molecule has 3 aromatic rings. The van der Waals surface area contributed by atoms with E-state index in [1.807, 2.05) is 13.8 Å². The lowest BCUT2D eigenvalue weighted by Crippen LogP contribution is -2.30. The third kappa shape index (κ3) is 2.07. The molecule has 1 aromatic carbocycles. The first-order valence-electron chi connectivity index (χ1n) is 7.85. The van der Waals surface area contributed by atoms with Gasteiger partial charge < -0.3 is 14.5 Å². The summed E-state index contributed by atoms with van der Waals surface area (Å²) in [6.07, 6.45) is 0.602. The molecule has 25 heavy (non-hydrogen) atoms. The van der Waals surface area contributed by atoms with Gasteiger partial charge in [-0.25, -0.2) is 4.98 Å². The van der Waals surface area contributed by atoms with Gasteiger partial charge in [0.1, 0.15) is 11.3 Å². The molecule has 6 heteroatoms. The number of ketones is 1. The number of carbonyl (C=O) groups excluding carboxylic acids is 2. The van der Waals surface area contributed by atoms with Gasteiger partial charge in [-0.05, 0) is 32.0 Å². The number of pyridine rings is 1. The normalized spacial score (nSPS) is 14.8. The molecule has 0 spiro atoms. The SMILES string of the molecule is COc1ccc2c(n1)C(C)(C)c1oc3cc(NC=O)ccc3c1C2=O. The second-order valence-electron chi connectivity index (χ2n) is 6.48. The highest BCUT2D eigenvalue weighted by atomic mass is 16.5. The molecular weight excluding hydrogens is 320 g/mol. The van der Waals surface area contributed by atoms with E-state index >= 15 is 0 Å². The first-order valence-corrected chi connectivity index (χ1v) is 7.85. The Kier molecular flexibility index (Phi) is 3.18. The number of nitrogens with zero attached hydrogens (tertiary/aromatic N) is 1. The van der Waals surface area contributed by atoms with Crippen molar-refractivity contribution in [2.45, 2.75) is 19.3 Å². The molecule has 0 saturated carbocycles. The number of rotatable bonds is 3. The molecule has 0 bridgehead atoms. The largest absolute Gasteiger partial charge is 0.481 e. The van der Waals surface area contributed by atoms with Crippen LogP contribution in [0.4, 0.5) is 5.69 Å². The van der Waals surface area contributed by atoms with Crippen molar-refractivity contribution in [1.29, 1.82) is 0 Å². The predicted molar refractivity (Wildman–Crippen MR) is 92.3 cm³/mol. The number of methoxy groups -OCH3 is 1. The van der Waals surface area contributed by atoms with Crippen LogP contribution >= 0.6 is 0 Å². The van der Waals surface area contributed by atoms with Gasteiger partial charge in [-0.1, -0.05) is 0 Å². The van der Waals surface area contributed by atoms with Crippen LogP contribution in [0.2, 0.25) is 0 Å². The van der Waals surface area contributed by atoms with Crippen molar-refractivity contribution in [2.75, 3.05) is 12.4 Å². The summed E-state index contributed by atoms with van der Waals surface area (Å²) >= 11 is 0. The van der Waals surface area contributed by atoms with Crippen LogP contribution in [0, 0.1) is 0 Å². The Morgan fingerprint density at radius 3 is 2.76 bits per heavy atom. The van der Waals surface area contributed by atoms with E-state index in [2.05, 4.69) is 10.3 Å². The summed E-state index contributed by atoms with van der Waals surface area (Å²) in [4.78, 5) is 28.2. The Bertz CT molecular complexity index is 1030. The van der Waals surface area contributed by atoms with E-state index in [0.29, 0.717) is 46.1 Å². The van der Waals surface area contributed by atoms with E-state index in [9.17, 15) is 9.59 Å². The second kappa shape index (κ2) is 5.17. The van der Waals surface area contributed by atoms with Gasteiger partial charge in [-0.15, -0.1) is 0 Å². The maximum absolute atomic E-state index is 13.1. The molecule has 6 nitrogen and oxygen atoms in total. The third-order valence-corrected chi connectivity index (χ3v) is 4.63. The summed E-state index contributed by atoms with van der Waals surface area (Å²) in [6.45, 7) is 3.94. The highest BCUT2D eigenvalue weighted by Crippen LogP contribution is 2.45. The monoisotopic (exact) mass is 336 g/mol. The van der Waals surface area contributed by atoms with Gasteiger partial charge in [0.15, 0.2) is 5.78 Å². The fourth-order valence-electron chi connectivity index (χ4n) is 3.38. The van der Waals surface area contributed by atoms with E-state index in [0.717, 1.165) is 5.39 Å². The van der Waals surface area contributed by atoms with Crippen LogP contribution in [0.15, 0.2) is 34.7 Å². The molecule has 1 amide bonds. The number of hydrogen-bond acceptors (Lipinski definition) is 5. The number of fused-ring (bicyclic) bond motifs is 4. The summed E-state index contributed by atoms with van der Waals surface area (Å²) in [5.41, 5.74) is 2.31. The topological polar surface area (TPSA) is 81.4 Å². The van der Waals surface area contributed by atoms with E-state index in [4.69, 9.17) is 9.15 Å². The fourth-order valence-corrected chi connectivity index (χ4v) is 3.38. The van der Waals surface area contributed by atoms with Crippen LogP contribution in [0.1, 0.15) is 41.2 Å². The number of ether oxygens (including phenoxy) is 1. The number of hydrogen-bond donors (Lipinski definition) is 1. The zero-order valence-electron chi connectivity index (χ0n) is 14.0. The Labute approximate surface area is 143 Å². The summed E-state index contributed by atoms with van der Waals surface area (Å²) in [7, 11) is 1.54. The lowest BCUT2D eigenvalue weighted by molar-refractivity contribution is -0.105. The van der Waals surface area contributed by atoms with Crippen molar-refractivity contribution in [3.8, 4) is 5.88 Å². The van der Waals surface area contributed by atoms with Crippen LogP contribution in [-0.2, 0) is 10.2 Å². The van der Waals surface area contributed by atoms with Crippen molar-refractivity contribution in [3.63, 3.8) is 0 Å². The highest BCUT2D eigenvalue weighted by molar-refractivity contribution is 6.19. The van der Waals surface area contributed by atoms with Crippen molar-refractivity contribution >= 4 is 28.8 Å². The van der Waals surface area contributed by atoms with Crippen LogP contribution in [0.5, 0.6) is 5.88 Å². The zero-order chi connectivity index (χ0) is 17.8. The van der Waals surface area contributed by atoms with Gasteiger partial charge in [0, 0.05) is 28.8 Å². The molecule has 0 unspecified atom stereocenters. The number of nitrogens with one attached hydrogen (secondary N) is 1. The summed E-state index contributed by atoms with van der Waals surface area (Å²) in [5, 5.41) is 3.32. The molecule has 0 aliphatic heterocycles. The van der Waals surface area contributed by atoms with Crippen LogP contribution < -0.4 is 10.1 Å². The van der Waals surface area contributed by atoms with E-state index in [1.165, 1.54) is 0 Å². The first kappa shape index (κ1) is 15.4. The minimum absolute atomic E-state index is 0.116. The summed E-state index contributed by atoms with van der Waals surface area (Å²) in [5.74, 6) is 0.912. The van der Waals surface area contributed by atoms with Gasteiger partial charge in [0.2, 0.25) is 12.3 Å². The smallest absolute Gasteiger partial charge is 0.213 e. The van der Waals surface area contributed by atoms with Crippen molar-refractivity contribution in [1.82, 2.24) is 4.98 Å². The molecule has 0 fully saturated rings. The molecular formula is C19H16N2O4. The molecule has 0 atom stereocenters. The lowest BCUT2D eigenvalue weighted by Gasteiger charge is -2.29. The van der Waals surface area contributed by atoms with Gasteiger partial charge in [0.05, 0.1) is 23.8 Å². The molecule has 1 N–H and O–H groups in total. The Hall–Kier alpha value is -3.15. The molecule has 0 saturated heterocycles. The average molecular weight is 336 g/mol. The van der Waals surface area contributed by atoms with Gasteiger partial charge in [-0.3, -0.25) is 9.59 Å². The fraction of sp³-hybridized carbons (Fsp3) is 0.211. The zero-order valence-corrected chi connectivity index (χ0v) is 14.0. The Balaban J connectivity index is 1.99. The van der Waals surface area contributed by atoms with E-state index in [1.54, 1.807) is 37.4 Å². The molecule has 2 heterocycles. The maximum Gasteiger partial charge on any atom is 0.213 e. The molecule has 1 aliphatic rings. The third-order valence-electron chi connectivity index (χ3n) is 4.63. The van der Waals surface area contributed by atoms with Crippen LogP contribution in [0.25, 0.3) is 11.0 Å². The minimum Gasteiger partial charge on any atom is -0.481 e. The number of aromatic nitrogens is 1. The standard InChI is InChI=1S/C19H16N2O4/c1-19(2)17-12(6-7-14(21-17)24-3)16(23)15-11-5-4-10(20-9-22)8-13(11)25-18(15)19/h4-9H,1-3H3,(H,20,22). The molecule has 2 aromatic heterocycles. The number of benzene rings is 1. The van der Waals surface area contributed by atoms with Crippen LogP contribution in [0.3, 0.4) is 0 Å². The number of carbonyl (C=O) groups is 2. The Morgan fingerprint density at radius 1 is 1.24 bits per heavy atom. The number of anilines is 1. The van der Waals surface area contributed by atoms with Gasteiger partial charge in [-0.2, -0.15) is 0 Å². The minimum atomic E-state index is -0.593. The molecule has 1 aliphatic carbocycles. The quantitative estimate of drug-likeness (QED) is 0.742. The van der Waals surface area contributed by atoms with E-state index < -0.39 is 5.41 Å². The van der Waals surface area contributed by atoms with E-state index in [-0.39, 0.29) is 5.78 Å². The van der Waals surface area contributed by atoms with Crippen molar-refractivity contribution < 1.29 is 18.7 Å².